The molecule has 2 aliphatic carbocycles. The predicted molar refractivity (Wildman–Crippen MR) is 81.0 cm³/mol. The summed E-state index contributed by atoms with van der Waals surface area (Å²) in [6.45, 7) is 5.06. The number of carbonyl (C=O) groups is 2. The van der Waals surface area contributed by atoms with Gasteiger partial charge in [0.25, 0.3) is 0 Å². The van der Waals surface area contributed by atoms with Gasteiger partial charge in [-0.15, -0.1) is 0 Å². The number of rotatable bonds is 7. The molecular formula is C16H28N2O3. The Morgan fingerprint density at radius 3 is 2.57 bits per heavy atom. The summed E-state index contributed by atoms with van der Waals surface area (Å²) >= 11 is 0. The number of hydrogen-bond acceptors (Lipinski definition) is 2. The predicted octanol–water partition coefficient (Wildman–Crippen LogP) is 2.61. The molecule has 120 valence electrons. The SMILES string of the molecule is CC(C)CCCCNC(=O)NC1C2CCC(C2)C1C(=O)O. The molecule has 0 heterocycles. The molecule has 2 aliphatic rings. The van der Waals surface area contributed by atoms with E-state index in [2.05, 4.69) is 24.5 Å². The third kappa shape index (κ3) is 4.11. The van der Waals surface area contributed by atoms with Gasteiger partial charge in [-0.25, -0.2) is 4.79 Å². The third-order valence-electron chi connectivity index (χ3n) is 4.99. The van der Waals surface area contributed by atoms with Crippen LogP contribution in [0.5, 0.6) is 0 Å². The Morgan fingerprint density at radius 2 is 1.90 bits per heavy atom. The lowest BCUT2D eigenvalue weighted by atomic mass is 9.84. The zero-order valence-corrected chi connectivity index (χ0v) is 13.1. The summed E-state index contributed by atoms with van der Waals surface area (Å²) in [4.78, 5) is 23.3. The Morgan fingerprint density at radius 1 is 1.19 bits per heavy atom. The van der Waals surface area contributed by atoms with Gasteiger partial charge in [0.2, 0.25) is 0 Å². The number of fused-ring (bicyclic) bond motifs is 2. The van der Waals surface area contributed by atoms with Crippen molar-refractivity contribution in [3.63, 3.8) is 0 Å². The van der Waals surface area contributed by atoms with Crippen molar-refractivity contribution in [2.24, 2.45) is 23.7 Å². The molecule has 0 aromatic rings. The van der Waals surface area contributed by atoms with E-state index in [0.717, 1.165) is 32.1 Å². The summed E-state index contributed by atoms with van der Waals surface area (Å²) in [6, 6.07) is -0.389. The van der Waals surface area contributed by atoms with Gasteiger partial charge in [-0.05, 0) is 43.4 Å². The van der Waals surface area contributed by atoms with Crippen LogP contribution in [0.4, 0.5) is 4.79 Å². The van der Waals surface area contributed by atoms with E-state index in [4.69, 9.17) is 0 Å². The molecule has 0 saturated heterocycles. The van der Waals surface area contributed by atoms with Gasteiger partial charge in [0.15, 0.2) is 0 Å². The Bertz CT molecular complexity index is 384. The van der Waals surface area contributed by atoms with Gasteiger partial charge in [0.05, 0.1) is 5.92 Å². The largest absolute Gasteiger partial charge is 0.481 e. The van der Waals surface area contributed by atoms with Crippen LogP contribution in [0.2, 0.25) is 0 Å². The fraction of sp³-hybridized carbons (Fsp3) is 0.875. The van der Waals surface area contributed by atoms with Crippen molar-refractivity contribution >= 4 is 12.0 Å². The second-order valence-corrected chi connectivity index (χ2v) is 7.01. The van der Waals surface area contributed by atoms with Crippen molar-refractivity contribution < 1.29 is 14.7 Å². The van der Waals surface area contributed by atoms with E-state index < -0.39 is 11.9 Å². The highest BCUT2D eigenvalue weighted by Crippen LogP contribution is 2.48. The molecule has 5 heteroatoms. The summed E-state index contributed by atoms with van der Waals surface area (Å²) in [5, 5.41) is 15.1. The normalized spacial score (nSPS) is 30.6. The fourth-order valence-electron chi connectivity index (χ4n) is 3.94. The van der Waals surface area contributed by atoms with E-state index in [1.165, 1.54) is 6.42 Å². The number of amides is 2. The first-order valence-electron chi connectivity index (χ1n) is 8.26. The summed E-state index contributed by atoms with van der Waals surface area (Å²) < 4.78 is 0. The molecule has 0 spiro atoms. The molecule has 5 nitrogen and oxygen atoms in total. The number of unbranched alkanes of at least 4 members (excludes halogenated alkanes) is 1. The van der Waals surface area contributed by atoms with Crippen molar-refractivity contribution in [1.29, 1.82) is 0 Å². The van der Waals surface area contributed by atoms with Gasteiger partial charge < -0.3 is 15.7 Å². The summed E-state index contributed by atoms with van der Waals surface area (Å²) in [6.07, 6.45) is 6.27. The molecule has 2 bridgehead atoms. The van der Waals surface area contributed by atoms with E-state index >= 15 is 0 Å². The number of carboxylic acid groups (broad SMARTS) is 1. The van der Waals surface area contributed by atoms with Gasteiger partial charge in [-0.3, -0.25) is 4.79 Å². The molecule has 2 amide bonds. The molecule has 2 fully saturated rings. The topological polar surface area (TPSA) is 78.4 Å². The second kappa shape index (κ2) is 7.14. The van der Waals surface area contributed by atoms with E-state index in [1.807, 2.05) is 0 Å². The molecule has 3 N–H and O–H groups in total. The first-order chi connectivity index (χ1) is 9.99. The maximum atomic E-state index is 11.9. The van der Waals surface area contributed by atoms with Crippen LogP contribution in [0.25, 0.3) is 0 Å². The van der Waals surface area contributed by atoms with Gasteiger partial charge in [-0.2, -0.15) is 0 Å². The molecule has 0 aromatic heterocycles. The third-order valence-corrected chi connectivity index (χ3v) is 4.99. The summed E-state index contributed by atoms with van der Waals surface area (Å²) in [5.41, 5.74) is 0. The quantitative estimate of drug-likeness (QED) is 0.632. The molecular weight excluding hydrogens is 268 g/mol. The minimum atomic E-state index is -0.760. The minimum Gasteiger partial charge on any atom is -0.481 e. The zero-order chi connectivity index (χ0) is 15.4. The lowest BCUT2D eigenvalue weighted by molar-refractivity contribution is -0.144. The van der Waals surface area contributed by atoms with Gasteiger partial charge in [-0.1, -0.05) is 26.7 Å². The van der Waals surface area contributed by atoms with Crippen LogP contribution in [0.3, 0.4) is 0 Å². The number of carbonyl (C=O) groups excluding carboxylic acids is 1. The van der Waals surface area contributed by atoms with Crippen molar-refractivity contribution in [1.82, 2.24) is 10.6 Å². The zero-order valence-electron chi connectivity index (χ0n) is 13.1. The maximum absolute atomic E-state index is 11.9. The maximum Gasteiger partial charge on any atom is 0.315 e. The molecule has 21 heavy (non-hydrogen) atoms. The minimum absolute atomic E-state index is 0.183. The lowest BCUT2D eigenvalue weighted by Crippen LogP contribution is -2.50. The monoisotopic (exact) mass is 296 g/mol. The number of aliphatic carboxylic acids is 1. The van der Waals surface area contributed by atoms with Gasteiger partial charge in [0.1, 0.15) is 0 Å². The molecule has 4 unspecified atom stereocenters. The van der Waals surface area contributed by atoms with Crippen LogP contribution in [0, 0.1) is 23.7 Å². The van der Waals surface area contributed by atoms with Crippen LogP contribution in [0.1, 0.15) is 52.4 Å². The fourth-order valence-corrected chi connectivity index (χ4v) is 3.94. The van der Waals surface area contributed by atoms with E-state index in [0.29, 0.717) is 18.4 Å². The van der Waals surface area contributed by atoms with Crippen LogP contribution in [0.15, 0.2) is 0 Å². The highest BCUT2D eigenvalue weighted by atomic mass is 16.4. The molecule has 0 aromatic carbocycles. The van der Waals surface area contributed by atoms with Crippen LogP contribution >= 0.6 is 0 Å². The first kappa shape index (κ1) is 16.1. The number of hydrogen-bond donors (Lipinski definition) is 3. The smallest absolute Gasteiger partial charge is 0.315 e. The summed E-state index contributed by atoms with van der Waals surface area (Å²) in [5.74, 6) is 0.149. The summed E-state index contributed by atoms with van der Waals surface area (Å²) in [7, 11) is 0. The van der Waals surface area contributed by atoms with E-state index in [-0.39, 0.29) is 18.0 Å². The Balaban J connectivity index is 1.71. The standard InChI is InChI=1S/C16H28N2O3/c1-10(2)5-3-4-8-17-16(21)18-14-12-7-6-11(9-12)13(14)15(19)20/h10-14H,3-9H2,1-2H3,(H,19,20)(H2,17,18,21). The average Bonchev–Trinajstić information content (AvgIpc) is 2.98. The first-order valence-corrected chi connectivity index (χ1v) is 8.26. The highest BCUT2D eigenvalue weighted by molar-refractivity contribution is 5.77. The number of nitrogens with one attached hydrogen (secondary N) is 2. The Labute approximate surface area is 126 Å². The molecule has 0 aliphatic heterocycles. The molecule has 4 atom stereocenters. The van der Waals surface area contributed by atoms with Crippen LogP contribution in [-0.4, -0.2) is 29.7 Å². The molecule has 0 radical (unpaired) electrons. The van der Waals surface area contributed by atoms with E-state index in [9.17, 15) is 14.7 Å². The van der Waals surface area contributed by atoms with Crippen molar-refractivity contribution in [2.45, 2.75) is 58.4 Å². The number of urea groups is 1. The molecule has 2 rings (SSSR count). The van der Waals surface area contributed by atoms with Gasteiger partial charge in [0, 0.05) is 12.6 Å². The van der Waals surface area contributed by atoms with Gasteiger partial charge >= 0.3 is 12.0 Å². The lowest BCUT2D eigenvalue weighted by Gasteiger charge is -2.28. The van der Waals surface area contributed by atoms with Crippen molar-refractivity contribution in [3.8, 4) is 0 Å². The van der Waals surface area contributed by atoms with Crippen LogP contribution < -0.4 is 10.6 Å². The second-order valence-electron chi connectivity index (χ2n) is 7.01. The van der Waals surface area contributed by atoms with Crippen molar-refractivity contribution in [3.05, 3.63) is 0 Å². The Hall–Kier alpha value is -1.26. The highest BCUT2D eigenvalue weighted by Gasteiger charge is 2.51. The van der Waals surface area contributed by atoms with E-state index in [1.54, 1.807) is 0 Å². The van der Waals surface area contributed by atoms with Crippen molar-refractivity contribution in [2.75, 3.05) is 6.54 Å². The number of carboxylic acids is 1. The molecule has 2 saturated carbocycles. The average molecular weight is 296 g/mol. The van der Waals surface area contributed by atoms with Crippen LogP contribution in [-0.2, 0) is 4.79 Å². The Kier molecular flexibility index (Phi) is 5.48.